The minimum Gasteiger partial charge on any atom is -0.0851 e. The highest BCUT2D eigenvalue weighted by atomic mass is 14.2. The lowest BCUT2D eigenvalue weighted by molar-refractivity contribution is 0.388. The standard InChI is InChI=1S/C13H22/c1-5-10(2)9-13-7-6-11(3)8-12(13)4/h6-7,9,11-13H,5,8H2,1-4H3/b10-9-. The maximum atomic E-state index is 2.44. The summed E-state index contributed by atoms with van der Waals surface area (Å²) in [7, 11) is 0. The van der Waals surface area contributed by atoms with Crippen LogP contribution in [0, 0.1) is 17.8 Å². The van der Waals surface area contributed by atoms with Crippen LogP contribution in [0.15, 0.2) is 23.8 Å². The molecule has 0 amide bonds. The van der Waals surface area contributed by atoms with Crippen molar-refractivity contribution in [2.24, 2.45) is 17.8 Å². The van der Waals surface area contributed by atoms with Crippen molar-refractivity contribution in [1.82, 2.24) is 0 Å². The van der Waals surface area contributed by atoms with E-state index in [1.165, 1.54) is 18.4 Å². The van der Waals surface area contributed by atoms with Crippen LogP contribution in [0.5, 0.6) is 0 Å². The molecule has 0 aromatic rings. The fourth-order valence-electron chi connectivity index (χ4n) is 2.00. The molecule has 74 valence electrons. The third kappa shape index (κ3) is 3.02. The summed E-state index contributed by atoms with van der Waals surface area (Å²) >= 11 is 0. The third-order valence-electron chi connectivity index (χ3n) is 3.10. The van der Waals surface area contributed by atoms with Gasteiger partial charge in [0.2, 0.25) is 0 Å². The number of hydrogen-bond acceptors (Lipinski definition) is 0. The molecular weight excluding hydrogens is 156 g/mol. The zero-order valence-corrected chi connectivity index (χ0v) is 9.38. The third-order valence-corrected chi connectivity index (χ3v) is 3.10. The first-order valence-electron chi connectivity index (χ1n) is 5.49. The second kappa shape index (κ2) is 4.64. The van der Waals surface area contributed by atoms with E-state index in [-0.39, 0.29) is 0 Å². The van der Waals surface area contributed by atoms with E-state index in [0.717, 1.165) is 11.8 Å². The highest BCUT2D eigenvalue weighted by molar-refractivity contribution is 5.11. The van der Waals surface area contributed by atoms with E-state index in [1.54, 1.807) is 0 Å². The number of hydrogen-bond donors (Lipinski definition) is 0. The summed E-state index contributed by atoms with van der Waals surface area (Å²) in [5.74, 6) is 2.29. The molecule has 0 aliphatic heterocycles. The normalized spacial score (nSPS) is 35.1. The van der Waals surface area contributed by atoms with Gasteiger partial charge in [-0.3, -0.25) is 0 Å². The Hall–Kier alpha value is -0.520. The topological polar surface area (TPSA) is 0 Å². The zero-order valence-electron chi connectivity index (χ0n) is 9.38. The summed E-state index contributed by atoms with van der Waals surface area (Å²) in [4.78, 5) is 0. The SMILES string of the molecule is CC/C(C)=C\C1C=CC(C)CC1C. The molecule has 0 aromatic carbocycles. The lowest BCUT2D eigenvalue weighted by Gasteiger charge is -2.25. The molecule has 0 aromatic heterocycles. The van der Waals surface area contributed by atoms with E-state index in [2.05, 4.69) is 45.9 Å². The van der Waals surface area contributed by atoms with Crippen molar-refractivity contribution in [2.45, 2.75) is 40.5 Å². The number of rotatable bonds is 2. The molecule has 0 bridgehead atoms. The molecule has 13 heavy (non-hydrogen) atoms. The van der Waals surface area contributed by atoms with Gasteiger partial charge in [-0.15, -0.1) is 0 Å². The average molecular weight is 178 g/mol. The molecule has 0 nitrogen and oxygen atoms in total. The summed E-state index contributed by atoms with van der Waals surface area (Å²) in [6.07, 6.45) is 9.72. The molecule has 3 atom stereocenters. The largest absolute Gasteiger partial charge is 0.0851 e. The lowest BCUT2D eigenvalue weighted by atomic mass is 9.80. The van der Waals surface area contributed by atoms with Crippen LogP contribution < -0.4 is 0 Å². The van der Waals surface area contributed by atoms with Crippen LogP contribution in [0.25, 0.3) is 0 Å². The Balaban J connectivity index is 2.65. The van der Waals surface area contributed by atoms with Gasteiger partial charge in [0.15, 0.2) is 0 Å². The maximum absolute atomic E-state index is 2.44. The Morgan fingerprint density at radius 1 is 1.38 bits per heavy atom. The van der Waals surface area contributed by atoms with E-state index in [0.29, 0.717) is 5.92 Å². The van der Waals surface area contributed by atoms with Gasteiger partial charge in [-0.2, -0.15) is 0 Å². The Kier molecular flexibility index (Phi) is 3.77. The Labute approximate surface area is 82.7 Å². The van der Waals surface area contributed by atoms with Gasteiger partial charge in [-0.1, -0.05) is 44.6 Å². The summed E-state index contributed by atoms with van der Waals surface area (Å²) in [6, 6.07) is 0. The van der Waals surface area contributed by atoms with E-state index in [9.17, 15) is 0 Å². The van der Waals surface area contributed by atoms with Gasteiger partial charge in [0.1, 0.15) is 0 Å². The molecule has 0 saturated carbocycles. The molecule has 0 radical (unpaired) electrons. The van der Waals surface area contributed by atoms with Gasteiger partial charge in [0.25, 0.3) is 0 Å². The van der Waals surface area contributed by atoms with Crippen LogP contribution in [0.3, 0.4) is 0 Å². The molecular formula is C13H22. The quantitative estimate of drug-likeness (QED) is 0.556. The molecule has 3 unspecified atom stereocenters. The summed E-state index contributed by atoms with van der Waals surface area (Å²) in [5, 5.41) is 0. The minimum absolute atomic E-state index is 0.691. The van der Waals surface area contributed by atoms with Crippen molar-refractivity contribution in [2.75, 3.05) is 0 Å². The highest BCUT2D eigenvalue weighted by Gasteiger charge is 2.18. The molecule has 0 fully saturated rings. The summed E-state index contributed by atoms with van der Waals surface area (Å²) in [5.41, 5.74) is 1.52. The molecule has 1 aliphatic rings. The van der Waals surface area contributed by atoms with Crippen LogP contribution in [-0.4, -0.2) is 0 Å². The first-order chi connectivity index (χ1) is 6.13. The van der Waals surface area contributed by atoms with Crippen LogP contribution in [-0.2, 0) is 0 Å². The maximum Gasteiger partial charge on any atom is -0.00249 e. The second-order valence-corrected chi connectivity index (χ2v) is 4.52. The second-order valence-electron chi connectivity index (χ2n) is 4.52. The smallest absolute Gasteiger partial charge is 0.00249 e. The van der Waals surface area contributed by atoms with E-state index in [4.69, 9.17) is 0 Å². The Morgan fingerprint density at radius 2 is 2.08 bits per heavy atom. The van der Waals surface area contributed by atoms with Crippen LogP contribution >= 0.6 is 0 Å². The van der Waals surface area contributed by atoms with Gasteiger partial charge in [-0.25, -0.2) is 0 Å². The molecule has 0 heteroatoms. The van der Waals surface area contributed by atoms with Gasteiger partial charge < -0.3 is 0 Å². The van der Waals surface area contributed by atoms with E-state index in [1.807, 2.05) is 0 Å². The summed E-state index contributed by atoms with van der Waals surface area (Å²) < 4.78 is 0. The zero-order chi connectivity index (χ0) is 9.84. The molecule has 0 heterocycles. The van der Waals surface area contributed by atoms with Crippen LogP contribution in [0.2, 0.25) is 0 Å². The van der Waals surface area contributed by atoms with Crippen molar-refractivity contribution >= 4 is 0 Å². The Bertz CT molecular complexity index is 210. The van der Waals surface area contributed by atoms with E-state index < -0.39 is 0 Å². The number of allylic oxidation sites excluding steroid dienone is 4. The predicted molar refractivity (Wildman–Crippen MR) is 59.6 cm³/mol. The monoisotopic (exact) mass is 178 g/mol. The molecule has 0 N–H and O–H groups in total. The summed E-state index contributed by atoms with van der Waals surface area (Å²) in [6.45, 7) is 9.13. The lowest BCUT2D eigenvalue weighted by Crippen LogP contribution is -2.15. The highest BCUT2D eigenvalue weighted by Crippen LogP contribution is 2.29. The average Bonchev–Trinajstić information content (AvgIpc) is 2.09. The first-order valence-corrected chi connectivity index (χ1v) is 5.49. The van der Waals surface area contributed by atoms with Gasteiger partial charge in [-0.05, 0) is 37.5 Å². The fraction of sp³-hybridized carbons (Fsp3) is 0.692. The van der Waals surface area contributed by atoms with Crippen molar-refractivity contribution in [3.8, 4) is 0 Å². The first kappa shape index (κ1) is 10.6. The van der Waals surface area contributed by atoms with E-state index >= 15 is 0 Å². The fourth-order valence-corrected chi connectivity index (χ4v) is 2.00. The molecule has 1 rings (SSSR count). The van der Waals surface area contributed by atoms with Crippen LogP contribution in [0.4, 0.5) is 0 Å². The van der Waals surface area contributed by atoms with Gasteiger partial charge >= 0.3 is 0 Å². The van der Waals surface area contributed by atoms with Crippen molar-refractivity contribution in [1.29, 1.82) is 0 Å². The molecule has 0 saturated heterocycles. The van der Waals surface area contributed by atoms with Crippen LogP contribution in [0.1, 0.15) is 40.5 Å². The van der Waals surface area contributed by atoms with Gasteiger partial charge in [0.05, 0.1) is 0 Å². The van der Waals surface area contributed by atoms with Crippen molar-refractivity contribution in [3.63, 3.8) is 0 Å². The van der Waals surface area contributed by atoms with Crippen molar-refractivity contribution in [3.05, 3.63) is 23.8 Å². The predicted octanol–water partition coefficient (Wildman–Crippen LogP) is 4.19. The van der Waals surface area contributed by atoms with Crippen molar-refractivity contribution < 1.29 is 0 Å². The van der Waals surface area contributed by atoms with Gasteiger partial charge in [0, 0.05) is 0 Å². The minimum atomic E-state index is 0.691. The molecule has 1 aliphatic carbocycles. The Morgan fingerprint density at radius 3 is 2.62 bits per heavy atom. The molecule has 0 spiro atoms.